The highest BCUT2D eigenvalue weighted by molar-refractivity contribution is 7.89. The number of rotatable bonds is 9. The molecule has 1 fully saturated rings. The highest BCUT2D eigenvalue weighted by Crippen LogP contribution is 2.36. The summed E-state index contributed by atoms with van der Waals surface area (Å²) in [4.78, 5) is 16.1. The van der Waals surface area contributed by atoms with Gasteiger partial charge in [0.05, 0.1) is 17.1 Å². The van der Waals surface area contributed by atoms with Crippen molar-refractivity contribution >= 4 is 15.9 Å². The number of nitrogens with one attached hydrogen (secondary N) is 1. The van der Waals surface area contributed by atoms with Gasteiger partial charge < -0.3 is 10.1 Å². The van der Waals surface area contributed by atoms with E-state index >= 15 is 0 Å². The normalized spacial score (nSPS) is 15.8. The Morgan fingerprint density at radius 2 is 1.88 bits per heavy atom. The molecule has 1 saturated heterocycles. The first-order chi connectivity index (χ1) is 16.1. The molecule has 186 valence electrons. The van der Waals surface area contributed by atoms with Crippen molar-refractivity contribution in [1.29, 1.82) is 0 Å². The molecule has 11 heteroatoms. The Morgan fingerprint density at radius 3 is 2.56 bits per heavy atom. The number of benzene rings is 1. The van der Waals surface area contributed by atoms with Gasteiger partial charge in [0.25, 0.3) is 0 Å². The molecule has 1 N–H and O–H groups in total. The molecule has 7 nitrogen and oxygen atoms in total. The summed E-state index contributed by atoms with van der Waals surface area (Å²) < 4.78 is 72.4. The zero-order chi connectivity index (χ0) is 24.8. The van der Waals surface area contributed by atoms with Crippen molar-refractivity contribution in [2.75, 3.05) is 19.7 Å². The third kappa shape index (κ3) is 6.26. The van der Waals surface area contributed by atoms with Crippen LogP contribution in [0.3, 0.4) is 0 Å². The lowest BCUT2D eigenvalue weighted by atomic mass is 9.97. The fourth-order valence-electron chi connectivity index (χ4n) is 3.75. The third-order valence-corrected chi connectivity index (χ3v) is 7.63. The van der Waals surface area contributed by atoms with E-state index in [9.17, 15) is 26.4 Å². The van der Waals surface area contributed by atoms with Gasteiger partial charge in [0.15, 0.2) is 0 Å². The summed E-state index contributed by atoms with van der Waals surface area (Å²) in [5.74, 6) is -0.220. The van der Waals surface area contributed by atoms with E-state index in [2.05, 4.69) is 17.2 Å². The largest absolute Gasteiger partial charge is 0.477 e. The first-order valence-electron chi connectivity index (χ1n) is 11.2. The molecule has 1 aliphatic heterocycles. The number of alkyl halides is 3. The predicted molar refractivity (Wildman–Crippen MR) is 119 cm³/mol. The van der Waals surface area contributed by atoms with E-state index in [-0.39, 0.29) is 38.4 Å². The van der Waals surface area contributed by atoms with E-state index in [0.29, 0.717) is 12.5 Å². The molecule has 0 bridgehead atoms. The molecule has 1 aromatic heterocycles. The van der Waals surface area contributed by atoms with Crippen LogP contribution in [0.15, 0.2) is 47.5 Å². The van der Waals surface area contributed by atoms with E-state index in [1.54, 1.807) is 12.3 Å². The first-order valence-corrected chi connectivity index (χ1v) is 12.6. The molecule has 1 aromatic carbocycles. The van der Waals surface area contributed by atoms with Crippen molar-refractivity contribution in [3.8, 4) is 5.88 Å². The lowest BCUT2D eigenvalue weighted by molar-refractivity contribution is -0.139. The van der Waals surface area contributed by atoms with Gasteiger partial charge in [-0.15, -0.1) is 0 Å². The van der Waals surface area contributed by atoms with Crippen LogP contribution in [0, 0.1) is 5.92 Å². The van der Waals surface area contributed by atoms with Gasteiger partial charge >= 0.3 is 6.18 Å². The SMILES string of the molecule is CCCCOc1ncccc1CNC(=O)C1CCN(S(=O)(=O)c2ccccc2C(F)(F)F)CC1. The molecule has 0 unspecified atom stereocenters. The number of ether oxygens (including phenoxy) is 1. The number of hydrogen-bond donors (Lipinski definition) is 1. The summed E-state index contributed by atoms with van der Waals surface area (Å²) in [6.45, 7) is 2.72. The van der Waals surface area contributed by atoms with E-state index in [0.717, 1.165) is 40.9 Å². The Kier molecular flexibility index (Phi) is 8.53. The minimum atomic E-state index is -4.78. The van der Waals surface area contributed by atoms with Gasteiger partial charge in [-0.2, -0.15) is 17.5 Å². The standard InChI is InChI=1S/C23H28F3N3O4S/c1-2-3-15-33-22-18(7-6-12-27-22)16-28-21(30)17-10-13-29(14-11-17)34(31,32)20-9-5-4-8-19(20)23(24,25)26/h4-9,12,17H,2-3,10-11,13-16H2,1H3,(H,28,30). The Hall–Kier alpha value is -2.66. The lowest BCUT2D eigenvalue weighted by Gasteiger charge is -2.31. The number of aromatic nitrogens is 1. The average molecular weight is 500 g/mol. The van der Waals surface area contributed by atoms with Crippen LogP contribution in [-0.2, 0) is 27.5 Å². The minimum Gasteiger partial charge on any atom is -0.477 e. The average Bonchev–Trinajstić information content (AvgIpc) is 2.83. The number of sulfonamides is 1. The maximum absolute atomic E-state index is 13.3. The Balaban J connectivity index is 1.59. The second-order valence-electron chi connectivity index (χ2n) is 8.06. The number of hydrogen-bond acceptors (Lipinski definition) is 5. The van der Waals surface area contributed by atoms with Crippen molar-refractivity contribution in [3.63, 3.8) is 0 Å². The van der Waals surface area contributed by atoms with Crippen molar-refractivity contribution in [2.45, 2.75) is 50.2 Å². The maximum Gasteiger partial charge on any atom is 0.417 e. The number of amides is 1. The third-order valence-electron chi connectivity index (χ3n) is 5.67. The minimum absolute atomic E-state index is 0.0368. The number of carbonyl (C=O) groups excluding carboxylic acids is 1. The number of piperidine rings is 1. The van der Waals surface area contributed by atoms with Crippen LogP contribution in [-0.4, -0.2) is 43.3 Å². The Morgan fingerprint density at radius 1 is 1.18 bits per heavy atom. The highest BCUT2D eigenvalue weighted by Gasteiger charge is 2.40. The van der Waals surface area contributed by atoms with E-state index in [1.165, 1.54) is 6.07 Å². The first kappa shape index (κ1) is 26.0. The number of halogens is 3. The Labute approximate surface area is 197 Å². The van der Waals surface area contributed by atoms with Crippen molar-refractivity contribution in [1.82, 2.24) is 14.6 Å². The zero-order valence-electron chi connectivity index (χ0n) is 18.8. The fourth-order valence-corrected chi connectivity index (χ4v) is 5.43. The summed E-state index contributed by atoms with van der Waals surface area (Å²) in [6, 6.07) is 7.69. The van der Waals surface area contributed by atoms with Crippen LogP contribution in [0.5, 0.6) is 5.88 Å². The Bertz CT molecular complexity index is 1080. The summed E-state index contributed by atoms with van der Waals surface area (Å²) in [5.41, 5.74) is -0.459. The van der Waals surface area contributed by atoms with Gasteiger partial charge in [-0.1, -0.05) is 31.5 Å². The quantitative estimate of drug-likeness (QED) is 0.527. The summed E-state index contributed by atoms with van der Waals surface area (Å²) in [7, 11) is -4.34. The fraction of sp³-hybridized carbons (Fsp3) is 0.478. The second-order valence-corrected chi connectivity index (χ2v) is 9.97. The van der Waals surface area contributed by atoms with Gasteiger partial charge in [-0.25, -0.2) is 13.4 Å². The molecule has 2 aromatic rings. The van der Waals surface area contributed by atoms with Crippen LogP contribution in [0.4, 0.5) is 13.2 Å². The van der Waals surface area contributed by atoms with Crippen LogP contribution in [0.25, 0.3) is 0 Å². The van der Waals surface area contributed by atoms with Gasteiger partial charge in [0.1, 0.15) is 0 Å². The molecular formula is C23H28F3N3O4S. The second kappa shape index (κ2) is 11.2. The molecule has 0 radical (unpaired) electrons. The number of nitrogens with zero attached hydrogens (tertiary/aromatic N) is 2. The number of carbonyl (C=O) groups is 1. The maximum atomic E-state index is 13.3. The molecule has 3 rings (SSSR count). The summed E-state index contributed by atoms with van der Waals surface area (Å²) in [5, 5.41) is 2.84. The topological polar surface area (TPSA) is 88.6 Å². The van der Waals surface area contributed by atoms with E-state index < -0.39 is 32.6 Å². The molecule has 0 aliphatic carbocycles. The molecule has 1 aliphatic rings. The van der Waals surface area contributed by atoms with Crippen molar-refractivity contribution in [2.24, 2.45) is 5.92 Å². The molecular weight excluding hydrogens is 471 g/mol. The van der Waals surface area contributed by atoms with Crippen LogP contribution >= 0.6 is 0 Å². The van der Waals surface area contributed by atoms with Gasteiger partial charge in [0, 0.05) is 37.3 Å². The molecule has 0 saturated carbocycles. The molecule has 34 heavy (non-hydrogen) atoms. The van der Waals surface area contributed by atoms with Crippen molar-refractivity contribution < 1.29 is 31.1 Å². The van der Waals surface area contributed by atoms with Crippen LogP contribution in [0.2, 0.25) is 0 Å². The monoisotopic (exact) mass is 499 g/mol. The molecule has 0 spiro atoms. The summed E-state index contributed by atoms with van der Waals surface area (Å²) >= 11 is 0. The molecule has 2 heterocycles. The number of unbranched alkanes of at least 4 members (excludes halogenated alkanes) is 1. The molecule has 0 atom stereocenters. The van der Waals surface area contributed by atoms with Gasteiger partial charge in [0.2, 0.25) is 21.8 Å². The lowest BCUT2D eigenvalue weighted by Crippen LogP contribution is -2.43. The smallest absolute Gasteiger partial charge is 0.417 e. The zero-order valence-corrected chi connectivity index (χ0v) is 19.7. The van der Waals surface area contributed by atoms with Crippen molar-refractivity contribution in [3.05, 3.63) is 53.7 Å². The highest BCUT2D eigenvalue weighted by atomic mass is 32.2. The predicted octanol–water partition coefficient (Wildman–Crippen LogP) is 4.00. The van der Waals surface area contributed by atoms with E-state index in [1.807, 2.05) is 6.07 Å². The van der Waals surface area contributed by atoms with Gasteiger partial charge in [-0.3, -0.25) is 4.79 Å². The van der Waals surface area contributed by atoms with Gasteiger partial charge in [-0.05, 0) is 37.5 Å². The number of pyridine rings is 1. The molecule has 1 amide bonds. The summed E-state index contributed by atoms with van der Waals surface area (Å²) in [6.07, 6.45) is -0.877. The van der Waals surface area contributed by atoms with E-state index in [4.69, 9.17) is 4.74 Å². The van der Waals surface area contributed by atoms with Crippen LogP contribution < -0.4 is 10.1 Å². The van der Waals surface area contributed by atoms with Crippen LogP contribution in [0.1, 0.15) is 43.7 Å².